The van der Waals surface area contributed by atoms with E-state index in [4.69, 9.17) is 9.84 Å². The van der Waals surface area contributed by atoms with E-state index in [0.717, 1.165) is 36.1 Å². The van der Waals surface area contributed by atoms with Gasteiger partial charge in [0.1, 0.15) is 18.4 Å². The third-order valence-corrected chi connectivity index (χ3v) is 4.74. The Morgan fingerprint density at radius 3 is 2.43 bits per heavy atom. The lowest BCUT2D eigenvalue weighted by molar-refractivity contribution is -0.132. The Balaban J connectivity index is 1.93. The zero-order valence-corrected chi connectivity index (χ0v) is 17.4. The van der Waals surface area contributed by atoms with Crippen molar-refractivity contribution in [1.82, 2.24) is 10.2 Å². The van der Waals surface area contributed by atoms with Crippen LogP contribution in [0.1, 0.15) is 30.4 Å². The summed E-state index contributed by atoms with van der Waals surface area (Å²) in [5.74, 6) is 0.483. The number of allylic oxidation sites excluding steroid dienone is 1. The van der Waals surface area contributed by atoms with Crippen LogP contribution in [0.5, 0.6) is 5.75 Å². The molecule has 0 fully saturated rings. The summed E-state index contributed by atoms with van der Waals surface area (Å²) >= 11 is 0. The van der Waals surface area contributed by atoms with E-state index in [2.05, 4.69) is 11.9 Å². The van der Waals surface area contributed by atoms with Crippen molar-refractivity contribution >= 4 is 12.0 Å². The molecule has 0 spiro atoms. The van der Waals surface area contributed by atoms with E-state index < -0.39 is 12.1 Å². The lowest BCUT2D eigenvalue weighted by Crippen LogP contribution is -2.48. The highest BCUT2D eigenvalue weighted by Crippen LogP contribution is 2.16. The topological polar surface area (TPSA) is 78.9 Å². The molecule has 1 atom stereocenters. The van der Waals surface area contributed by atoms with Gasteiger partial charge in [0, 0.05) is 20.0 Å². The number of unbranched alkanes of at least 4 members (excludes halogenated alkanes) is 2. The van der Waals surface area contributed by atoms with Gasteiger partial charge < -0.3 is 20.1 Å². The third kappa shape index (κ3) is 7.99. The minimum Gasteiger partial charge on any atom is -0.489 e. The third-order valence-electron chi connectivity index (χ3n) is 4.74. The molecule has 30 heavy (non-hydrogen) atoms. The first-order valence-electron chi connectivity index (χ1n) is 10.1. The highest BCUT2D eigenvalue weighted by molar-refractivity contribution is 5.85. The first-order chi connectivity index (χ1) is 14.5. The van der Waals surface area contributed by atoms with Crippen molar-refractivity contribution in [3.05, 3.63) is 78.4 Å². The van der Waals surface area contributed by atoms with Gasteiger partial charge in [0.05, 0.1) is 0 Å². The highest BCUT2D eigenvalue weighted by Gasteiger charge is 2.24. The number of likely N-dealkylation sites (N-methyl/N-ethyl adjacent to an activating group) is 1. The average Bonchev–Trinajstić information content (AvgIpc) is 2.75. The number of carbonyl (C=O) groups excluding carboxylic acids is 1. The summed E-state index contributed by atoms with van der Waals surface area (Å²) < 4.78 is 5.77. The smallest absolute Gasteiger partial charge is 0.405 e. The molecule has 0 aromatic heterocycles. The number of ether oxygens (including phenoxy) is 1. The van der Waals surface area contributed by atoms with Crippen LogP contribution in [0.25, 0.3) is 0 Å². The van der Waals surface area contributed by atoms with E-state index in [1.54, 1.807) is 11.9 Å². The van der Waals surface area contributed by atoms with Crippen LogP contribution in [0.2, 0.25) is 0 Å². The maximum Gasteiger partial charge on any atom is 0.405 e. The van der Waals surface area contributed by atoms with Crippen LogP contribution >= 0.6 is 0 Å². The Hall–Kier alpha value is -3.28. The molecule has 6 heteroatoms. The zero-order valence-electron chi connectivity index (χ0n) is 17.4. The number of hydrogen-bond donors (Lipinski definition) is 2. The summed E-state index contributed by atoms with van der Waals surface area (Å²) in [6, 6.07) is 16.4. The SMILES string of the molecule is C=CCCCCN(C)C(=O)[C@H](Cc1ccc(OCc2ccccc2)cc1)NC(=O)O. The first-order valence-corrected chi connectivity index (χ1v) is 10.1. The summed E-state index contributed by atoms with van der Waals surface area (Å²) in [5, 5.41) is 11.5. The van der Waals surface area contributed by atoms with Crippen molar-refractivity contribution in [2.75, 3.05) is 13.6 Å². The quantitative estimate of drug-likeness (QED) is 0.405. The molecule has 2 N–H and O–H groups in total. The van der Waals surface area contributed by atoms with Crippen molar-refractivity contribution in [2.45, 2.75) is 38.3 Å². The van der Waals surface area contributed by atoms with Gasteiger partial charge in [-0.15, -0.1) is 6.58 Å². The Labute approximate surface area is 178 Å². The highest BCUT2D eigenvalue weighted by atomic mass is 16.5. The van der Waals surface area contributed by atoms with E-state index in [1.165, 1.54) is 0 Å². The van der Waals surface area contributed by atoms with Gasteiger partial charge in [0.25, 0.3) is 0 Å². The molecule has 0 radical (unpaired) electrons. The summed E-state index contributed by atoms with van der Waals surface area (Å²) in [6.45, 7) is 4.74. The predicted octanol–water partition coefficient (Wildman–Crippen LogP) is 4.26. The Morgan fingerprint density at radius 1 is 1.10 bits per heavy atom. The van der Waals surface area contributed by atoms with Gasteiger partial charge in [0.2, 0.25) is 5.91 Å². The van der Waals surface area contributed by atoms with Gasteiger partial charge in [-0.3, -0.25) is 4.79 Å². The van der Waals surface area contributed by atoms with Crippen LogP contribution in [-0.4, -0.2) is 41.6 Å². The number of carboxylic acid groups (broad SMARTS) is 1. The molecule has 2 rings (SSSR count). The van der Waals surface area contributed by atoms with Crippen LogP contribution in [0.4, 0.5) is 4.79 Å². The molecule has 0 bridgehead atoms. The molecule has 2 aromatic carbocycles. The second-order valence-electron chi connectivity index (χ2n) is 7.17. The van der Waals surface area contributed by atoms with Crippen molar-refractivity contribution in [1.29, 1.82) is 0 Å². The van der Waals surface area contributed by atoms with Crippen molar-refractivity contribution < 1.29 is 19.4 Å². The van der Waals surface area contributed by atoms with Gasteiger partial charge in [0.15, 0.2) is 0 Å². The molecule has 0 aliphatic carbocycles. The molecule has 0 aliphatic heterocycles. The number of carbonyl (C=O) groups is 2. The zero-order chi connectivity index (χ0) is 21.8. The molecule has 2 aromatic rings. The second-order valence-corrected chi connectivity index (χ2v) is 7.17. The number of hydrogen-bond acceptors (Lipinski definition) is 3. The molecule has 0 saturated carbocycles. The second kappa shape index (κ2) is 12.3. The van der Waals surface area contributed by atoms with Crippen LogP contribution in [0.15, 0.2) is 67.3 Å². The molecule has 0 saturated heterocycles. The van der Waals surface area contributed by atoms with Gasteiger partial charge in [-0.2, -0.15) is 0 Å². The fourth-order valence-corrected chi connectivity index (χ4v) is 3.06. The van der Waals surface area contributed by atoms with Crippen LogP contribution < -0.4 is 10.1 Å². The van der Waals surface area contributed by atoms with Gasteiger partial charge in [-0.1, -0.05) is 48.5 Å². The minimum absolute atomic E-state index is 0.236. The fourth-order valence-electron chi connectivity index (χ4n) is 3.06. The summed E-state index contributed by atoms with van der Waals surface area (Å²) in [4.78, 5) is 25.5. The maximum atomic E-state index is 12.7. The maximum absolute atomic E-state index is 12.7. The number of nitrogens with zero attached hydrogens (tertiary/aromatic N) is 1. The molecule has 0 unspecified atom stereocenters. The molecule has 160 valence electrons. The van der Waals surface area contributed by atoms with E-state index in [1.807, 2.05) is 60.7 Å². The van der Waals surface area contributed by atoms with Gasteiger partial charge in [-0.25, -0.2) is 4.79 Å². The average molecular weight is 411 g/mol. The Bertz CT molecular complexity index is 806. The molecule has 0 aliphatic rings. The van der Waals surface area contributed by atoms with E-state index >= 15 is 0 Å². The monoisotopic (exact) mass is 410 g/mol. The molecule has 2 amide bonds. The number of nitrogens with one attached hydrogen (secondary N) is 1. The lowest BCUT2D eigenvalue weighted by atomic mass is 10.0. The molecular formula is C24H30N2O4. The molecular weight excluding hydrogens is 380 g/mol. The predicted molar refractivity (Wildman–Crippen MR) is 118 cm³/mol. The van der Waals surface area contributed by atoms with Crippen LogP contribution in [-0.2, 0) is 17.8 Å². The van der Waals surface area contributed by atoms with E-state index in [0.29, 0.717) is 13.2 Å². The number of benzene rings is 2. The fraction of sp³-hybridized carbons (Fsp3) is 0.333. The largest absolute Gasteiger partial charge is 0.489 e. The van der Waals surface area contributed by atoms with Gasteiger partial charge in [-0.05, 0) is 42.5 Å². The number of rotatable bonds is 12. The Kier molecular flexibility index (Phi) is 9.45. The minimum atomic E-state index is -1.21. The Morgan fingerprint density at radius 2 is 1.80 bits per heavy atom. The summed E-state index contributed by atoms with van der Waals surface area (Å²) in [7, 11) is 1.70. The molecule has 6 nitrogen and oxygen atoms in total. The summed E-state index contributed by atoms with van der Waals surface area (Å²) in [6.07, 6.45) is 3.61. The van der Waals surface area contributed by atoms with Gasteiger partial charge >= 0.3 is 6.09 Å². The van der Waals surface area contributed by atoms with Crippen molar-refractivity contribution in [3.8, 4) is 5.75 Å². The lowest BCUT2D eigenvalue weighted by Gasteiger charge is -2.24. The van der Waals surface area contributed by atoms with E-state index in [9.17, 15) is 9.59 Å². The van der Waals surface area contributed by atoms with Crippen molar-refractivity contribution in [2.24, 2.45) is 0 Å². The molecule has 0 heterocycles. The van der Waals surface area contributed by atoms with E-state index in [-0.39, 0.29) is 12.3 Å². The van der Waals surface area contributed by atoms with Crippen LogP contribution in [0, 0.1) is 0 Å². The number of amides is 2. The van der Waals surface area contributed by atoms with Crippen molar-refractivity contribution in [3.63, 3.8) is 0 Å². The van der Waals surface area contributed by atoms with Crippen LogP contribution in [0.3, 0.4) is 0 Å². The first kappa shape index (κ1) is 23.0. The standard InChI is InChI=1S/C24H30N2O4/c1-3-4-5-9-16-26(2)23(27)22(25-24(28)29)17-19-12-14-21(15-13-19)30-18-20-10-7-6-8-11-20/h3,6-8,10-15,22,25H,1,4-5,9,16-18H2,2H3,(H,28,29)/t22-/m0/s1. The summed E-state index contributed by atoms with van der Waals surface area (Å²) in [5.41, 5.74) is 1.93. The normalized spacial score (nSPS) is 11.4.